The maximum absolute atomic E-state index is 14.4. The number of aliphatic imine (C=N–C) groups is 2. The quantitative estimate of drug-likeness (QED) is 0.747. The normalized spacial score (nSPS) is 19.4. The molecular weight excluding hydrogens is 391 g/mol. The van der Waals surface area contributed by atoms with Crippen molar-refractivity contribution >= 4 is 23.5 Å². The van der Waals surface area contributed by atoms with Crippen molar-refractivity contribution in [2.75, 3.05) is 33.3 Å². The summed E-state index contributed by atoms with van der Waals surface area (Å²) < 4.78 is 21.1. The second kappa shape index (κ2) is 8.05. The van der Waals surface area contributed by atoms with E-state index in [0.717, 1.165) is 0 Å². The SMILES string of the molecule is COc1nn(C)cc1C(=O)N1CCN(C2=NC(=O)C(F)C(c3ccccc3)=N2)CC1. The fraction of sp³-hybridized carbons (Fsp3) is 0.350. The van der Waals surface area contributed by atoms with Crippen molar-refractivity contribution in [2.45, 2.75) is 6.17 Å². The lowest BCUT2D eigenvalue weighted by Gasteiger charge is -2.35. The van der Waals surface area contributed by atoms with E-state index in [1.165, 1.54) is 11.8 Å². The highest BCUT2D eigenvalue weighted by Gasteiger charge is 2.33. The van der Waals surface area contributed by atoms with Crippen molar-refractivity contribution in [3.63, 3.8) is 0 Å². The van der Waals surface area contributed by atoms with Gasteiger partial charge in [-0.2, -0.15) is 4.99 Å². The number of aromatic nitrogens is 2. The molecule has 0 bridgehead atoms. The van der Waals surface area contributed by atoms with Crippen molar-refractivity contribution in [3.05, 3.63) is 47.7 Å². The molecule has 156 valence electrons. The third-order valence-corrected chi connectivity index (χ3v) is 5.03. The number of guanidine groups is 1. The van der Waals surface area contributed by atoms with E-state index in [9.17, 15) is 14.0 Å². The highest BCUT2D eigenvalue weighted by atomic mass is 19.1. The Hall–Kier alpha value is -3.56. The molecule has 3 heterocycles. The van der Waals surface area contributed by atoms with Crippen molar-refractivity contribution in [3.8, 4) is 5.88 Å². The summed E-state index contributed by atoms with van der Waals surface area (Å²) in [7, 11) is 3.19. The molecular formula is C20H21FN6O3. The van der Waals surface area contributed by atoms with Gasteiger partial charge in [-0.15, -0.1) is 5.10 Å². The summed E-state index contributed by atoms with van der Waals surface area (Å²) >= 11 is 0. The summed E-state index contributed by atoms with van der Waals surface area (Å²) in [6, 6.07) is 8.75. The zero-order valence-corrected chi connectivity index (χ0v) is 16.7. The number of piperazine rings is 1. The highest BCUT2D eigenvalue weighted by molar-refractivity contribution is 6.23. The van der Waals surface area contributed by atoms with E-state index < -0.39 is 12.1 Å². The number of amides is 2. The molecule has 2 aliphatic rings. The largest absolute Gasteiger partial charge is 0.479 e. The van der Waals surface area contributed by atoms with Crippen LogP contribution in [-0.2, 0) is 11.8 Å². The third-order valence-electron chi connectivity index (χ3n) is 5.03. The van der Waals surface area contributed by atoms with Gasteiger partial charge in [0.15, 0.2) is 0 Å². The molecule has 2 aliphatic heterocycles. The molecule has 9 nitrogen and oxygen atoms in total. The summed E-state index contributed by atoms with van der Waals surface area (Å²) in [5, 5.41) is 4.11. The van der Waals surface area contributed by atoms with Gasteiger partial charge in [0.05, 0.1) is 12.8 Å². The Morgan fingerprint density at radius 1 is 1.13 bits per heavy atom. The average molecular weight is 412 g/mol. The number of carbonyl (C=O) groups is 2. The van der Waals surface area contributed by atoms with Crippen LogP contribution >= 0.6 is 0 Å². The molecule has 2 amide bonds. The van der Waals surface area contributed by atoms with Gasteiger partial charge in [-0.05, 0) is 5.56 Å². The number of hydrogen-bond acceptors (Lipinski definition) is 6. The fourth-order valence-corrected chi connectivity index (χ4v) is 3.47. The molecule has 1 unspecified atom stereocenters. The second-order valence-corrected chi connectivity index (χ2v) is 6.98. The van der Waals surface area contributed by atoms with E-state index in [2.05, 4.69) is 15.1 Å². The van der Waals surface area contributed by atoms with Crippen LogP contribution in [-0.4, -0.2) is 82.5 Å². The zero-order chi connectivity index (χ0) is 21.3. The van der Waals surface area contributed by atoms with Crippen LogP contribution in [0.2, 0.25) is 0 Å². The van der Waals surface area contributed by atoms with Crippen LogP contribution in [0, 0.1) is 0 Å². The maximum atomic E-state index is 14.4. The molecule has 10 heteroatoms. The number of halogens is 1. The van der Waals surface area contributed by atoms with Crippen LogP contribution in [0.3, 0.4) is 0 Å². The van der Waals surface area contributed by atoms with Crippen LogP contribution in [0.4, 0.5) is 4.39 Å². The molecule has 2 aromatic rings. The van der Waals surface area contributed by atoms with Gasteiger partial charge in [-0.3, -0.25) is 14.3 Å². The molecule has 1 aromatic carbocycles. The van der Waals surface area contributed by atoms with Gasteiger partial charge in [0.2, 0.25) is 18.0 Å². The Bertz CT molecular complexity index is 1020. The highest BCUT2D eigenvalue weighted by Crippen LogP contribution is 2.20. The Morgan fingerprint density at radius 2 is 1.83 bits per heavy atom. The number of alkyl halides is 1. The molecule has 0 radical (unpaired) electrons. The van der Waals surface area contributed by atoms with Crippen LogP contribution in [0.1, 0.15) is 15.9 Å². The van der Waals surface area contributed by atoms with Gasteiger partial charge in [0.25, 0.3) is 11.8 Å². The van der Waals surface area contributed by atoms with E-state index in [1.54, 1.807) is 47.3 Å². The number of benzene rings is 1. The number of carbonyl (C=O) groups excluding carboxylic acids is 2. The number of hydrogen-bond donors (Lipinski definition) is 0. The van der Waals surface area contributed by atoms with Crippen molar-refractivity contribution in [1.82, 2.24) is 19.6 Å². The Balaban J connectivity index is 1.48. The second-order valence-electron chi connectivity index (χ2n) is 6.98. The van der Waals surface area contributed by atoms with E-state index >= 15 is 0 Å². The smallest absolute Gasteiger partial charge is 0.289 e. The molecule has 30 heavy (non-hydrogen) atoms. The molecule has 0 spiro atoms. The third kappa shape index (κ3) is 3.68. The minimum absolute atomic E-state index is 0.0594. The van der Waals surface area contributed by atoms with Crippen molar-refractivity contribution in [1.29, 1.82) is 0 Å². The van der Waals surface area contributed by atoms with Crippen molar-refractivity contribution < 1.29 is 18.7 Å². The predicted molar refractivity (Wildman–Crippen MR) is 108 cm³/mol. The van der Waals surface area contributed by atoms with Gasteiger partial charge in [0, 0.05) is 39.4 Å². The minimum atomic E-state index is -1.88. The number of methoxy groups -OCH3 is 1. The summed E-state index contributed by atoms with van der Waals surface area (Å²) in [5.41, 5.74) is 0.996. The van der Waals surface area contributed by atoms with Gasteiger partial charge in [-0.1, -0.05) is 30.3 Å². The van der Waals surface area contributed by atoms with Gasteiger partial charge in [-0.25, -0.2) is 9.38 Å². The standard InChI is InChI=1S/C20H21FN6O3/c1-25-12-14(18(24-25)30-2)19(29)26-8-10-27(11-9-26)20-22-16(15(21)17(28)23-20)13-6-4-3-5-7-13/h3-7,12,15H,8-11H2,1-2H3. The molecule has 4 rings (SSSR count). The Morgan fingerprint density at radius 3 is 2.50 bits per heavy atom. The number of aryl methyl sites for hydroxylation is 1. The molecule has 1 aromatic heterocycles. The van der Waals surface area contributed by atoms with Crippen LogP contribution in [0.25, 0.3) is 0 Å². The molecule has 1 saturated heterocycles. The van der Waals surface area contributed by atoms with Crippen LogP contribution in [0.15, 0.2) is 46.5 Å². The summed E-state index contributed by atoms with van der Waals surface area (Å²) in [6.45, 7) is 1.64. The summed E-state index contributed by atoms with van der Waals surface area (Å²) in [6.07, 6.45) is -0.257. The molecule has 1 fully saturated rings. The number of nitrogens with zero attached hydrogens (tertiary/aromatic N) is 6. The summed E-state index contributed by atoms with van der Waals surface area (Å²) in [4.78, 5) is 36.5. The van der Waals surface area contributed by atoms with Crippen molar-refractivity contribution in [2.24, 2.45) is 17.0 Å². The zero-order valence-electron chi connectivity index (χ0n) is 16.7. The maximum Gasteiger partial charge on any atom is 0.289 e. The minimum Gasteiger partial charge on any atom is -0.479 e. The van der Waals surface area contributed by atoms with Crippen LogP contribution < -0.4 is 4.74 Å². The first kappa shape index (κ1) is 19.7. The van der Waals surface area contributed by atoms with E-state index in [-0.39, 0.29) is 23.5 Å². The molecule has 0 aliphatic carbocycles. The van der Waals surface area contributed by atoms with E-state index in [0.29, 0.717) is 37.3 Å². The number of rotatable bonds is 3. The lowest BCUT2D eigenvalue weighted by Crippen LogP contribution is -2.51. The molecule has 0 N–H and O–H groups in total. The molecule has 0 saturated carbocycles. The predicted octanol–water partition coefficient (Wildman–Crippen LogP) is 0.910. The van der Waals surface area contributed by atoms with E-state index in [1.807, 2.05) is 6.07 Å². The first-order valence-electron chi connectivity index (χ1n) is 9.50. The first-order valence-corrected chi connectivity index (χ1v) is 9.50. The topological polar surface area (TPSA) is 92.4 Å². The summed E-state index contributed by atoms with van der Waals surface area (Å²) in [5.74, 6) is -0.590. The molecule has 1 atom stereocenters. The lowest BCUT2D eigenvalue weighted by molar-refractivity contribution is -0.120. The average Bonchev–Trinajstić information content (AvgIpc) is 3.16. The fourth-order valence-electron chi connectivity index (χ4n) is 3.47. The monoisotopic (exact) mass is 412 g/mol. The Labute approximate surface area is 172 Å². The van der Waals surface area contributed by atoms with Crippen LogP contribution in [0.5, 0.6) is 5.88 Å². The van der Waals surface area contributed by atoms with Gasteiger partial charge >= 0.3 is 0 Å². The van der Waals surface area contributed by atoms with E-state index in [4.69, 9.17) is 4.74 Å². The lowest BCUT2D eigenvalue weighted by atomic mass is 10.0. The van der Waals surface area contributed by atoms with Gasteiger partial charge in [0.1, 0.15) is 5.56 Å². The first-order chi connectivity index (χ1) is 14.5. The number of ether oxygens (including phenoxy) is 1. The van der Waals surface area contributed by atoms with Gasteiger partial charge < -0.3 is 14.5 Å². The Kier molecular flexibility index (Phi) is 5.30.